The molecule has 0 radical (unpaired) electrons. The number of rotatable bonds is 5. The molecule has 0 aliphatic heterocycles. The van der Waals surface area contributed by atoms with E-state index < -0.39 is 0 Å². The molecule has 0 aliphatic rings. The summed E-state index contributed by atoms with van der Waals surface area (Å²) in [6, 6.07) is 9.06. The van der Waals surface area contributed by atoms with Crippen LogP contribution >= 0.6 is 0 Å². The Morgan fingerprint density at radius 3 is 2.50 bits per heavy atom. The first-order valence-electron chi connectivity index (χ1n) is 7.59. The maximum Gasteiger partial charge on any atom is 0.193 e. The molecule has 2 aromatic carbocycles. The molecule has 0 amide bonds. The average molecular weight is 297 g/mol. The maximum absolute atomic E-state index is 12.8. The molecule has 0 saturated carbocycles. The summed E-state index contributed by atoms with van der Waals surface area (Å²) in [4.78, 5) is 12.8. The smallest absolute Gasteiger partial charge is 0.193 e. The largest absolute Gasteiger partial charge is 0.493 e. The van der Waals surface area contributed by atoms with Gasteiger partial charge in [-0.2, -0.15) is 0 Å². The number of ketones is 1. The maximum atomic E-state index is 12.8. The van der Waals surface area contributed by atoms with E-state index in [0.29, 0.717) is 17.9 Å². The Labute approximate surface area is 132 Å². The molecule has 3 nitrogen and oxygen atoms in total. The molecule has 2 aromatic rings. The van der Waals surface area contributed by atoms with Gasteiger partial charge in [-0.15, -0.1) is 0 Å². The summed E-state index contributed by atoms with van der Waals surface area (Å²) in [6.45, 7) is 8.68. The predicted molar refractivity (Wildman–Crippen MR) is 90.7 cm³/mol. The molecule has 0 fully saturated rings. The molecule has 3 heteroatoms. The lowest BCUT2D eigenvalue weighted by Gasteiger charge is -2.16. The van der Waals surface area contributed by atoms with Gasteiger partial charge in [0.15, 0.2) is 5.78 Å². The van der Waals surface area contributed by atoms with E-state index in [-0.39, 0.29) is 5.78 Å². The van der Waals surface area contributed by atoms with Gasteiger partial charge in [0.05, 0.1) is 6.61 Å². The van der Waals surface area contributed by atoms with Crippen LogP contribution in [0.3, 0.4) is 0 Å². The van der Waals surface area contributed by atoms with Crippen molar-refractivity contribution in [1.82, 2.24) is 0 Å². The highest BCUT2D eigenvalue weighted by atomic mass is 16.5. The Hall–Kier alpha value is -2.29. The van der Waals surface area contributed by atoms with E-state index >= 15 is 0 Å². The number of aryl methyl sites for hydroxylation is 1. The molecule has 2 rings (SSSR count). The van der Waals surface area contributed by atoms with Gasteiger partial charge >= 0.3 is 0 Å². The second-order valence-electron chi connectivity index (χ2n) is 5.62. The van der Waals surface area contributed by atoms with Gasteiger partial charge in [0.1, 0.15) is 5.75 Å². The van der Waals surface area contributed by atoms with Crippen LogP contribution in [-0.4, -0.2) is 12.4 Å². The Bertz CT molecular complexity index is 705. The molecule has 116 valence electrons. The lowest BCUT2D eigenvalue weighted by Crippen LogP contribution is -2.09. The highest BCUT2D eigenvalue weighted by molar-refractivity contribution is 6.11. The molecule has 0 aliphatic carbocycles. The number of nitrogen functional groups attached to an aromatic ring is 1. The third kappa shape index (κ3) is 3.14. The van der Waals surface area contributed by atoms with Gasteiger partial charge < -0.3 is 10.5 Å². The van der Waals surface area contributed by atoms with Crippen molar-refractivity contribution in [3.63, 3.8) is 0 Å². The summed E-state index contributed by atoms with van der Waals surface area (Å²) in [7, 11) is 0. The predicted octanol–water partition coefficient (Wildman–Crippen LogP) is 4.21. The van der Waals surface area contributed by atoms with Gasteiger partial charge in [0.2, 0.25) is 0 Å². The topological polar surface area (TPSA) is 52.3 Å². The van der Waals surface area contributed by atoms with E-state index in [1.807, 2.05) is 26.8 Å². The number of benzene rings is 2. The number of nitrogens with two attached hydrogens (primary N) is 1. The summed E-state index contributed by atoms with van der Waals surface area (Å²) in [5.74, 6) is 0.869. The van der Waals surface area contributed by atoms with Crippen molar-refractivity contribution in [3.05, 3.63) is 58.1 Å². The number of carbonyl (C=O) groups is 1. The molecule has 0 aromatic heterocycles. The lowest BCUT2D eigenvalue weighted by atomic mass is 9.91. The van der Waals surface area contributed by atoms with Crippen LogP contribution in [-0.2, 0) is 0 Å². The van der Waals surface area contributed by atoms with Crippen LogP contribution in [0.15, 0.2) is 30.3 Å². The van der Waals surface area contributed by atoms with E-state index in [4.69, 9.17) is 10.5 Å². The molecule has 0 spiro atoms. The van der Waals surface area contributed by atoms with Crippen LogP contribution in [0.25, 0.3) is 0 Å². The minimum absolute atomic E-state index is 0.00689. The summed E-state index contributed by atoms with van der Waals surface area (Å²) < 4.78 is 5.78. The fourth-order valence-corrected chi connectivity index (χ4v) is 2.58. The first-order chi connectivity index (χ1) is 10.5. The molecule has 0 saturated heterocycles. The number of carbonyl (C=O) groups excluding carboxylic acids is 1. The van der Waals surface area contributed by atoms with Crippen LogP contribution in [0.2, 0.25) is 0 Å². The standard InChI is InChI=1S/C19H23NO2/c1-5-9-22-17-10-12(2)18(14(4)13(17)3)19(21)15-7-6-8-16(20)11-15/h6-8,10-11H,5,9,20H2,1-4H3. The minimum atomic E-state index is 0.00689. The van der Waals surface area contributed by atoms with Crippen molar-refractivity contribution in [1.29, 1.82) is 0 Å². The highest BCUT2D eigenvalue weighted by Crippen LogP contribution is 2.29. The van der Waals surface area contributed by atoms with Crippen LogP contribution in [0.1, 0.15) is 46.0 Å². The zero-order chi connectivity index (χ0) is 16.3. The van der Waals surface area contributed by atoms with Crippen LogP contribution in [0.5, 0.6) is 5.75 Å². The fraction of sp³-hybridized carbons (Fsp3) is 0.316. The van der Waals surface area contributed by atoms with Gasteiger partial charge in [0, 0.05) is 16.8 Å². The Kier molecular flexibility index (Phi) is 4.86. The van der Waals surface area contributed by atoms with Gasteiger partial charge in [-0.3, -0.25) is 4.79 Å². The quantitative estimate of drug-likeness (QED) is 0.664. The minimum Gasteiger partial charge on any atom is -0.493 e. The van der Waals surface area contributed by atoms with Crippen molar-refractivity contribution < 1.29 is 9.53 Å². The average Bonchev–Trinajstić information content (AvgIpc) is 2.49. The summed E-state index contributed by atoms with van der Waals surface area (Å²) in [5, 5.41) is 0. The van der Waals surface area contributed by atoms with E-state index in [9.17, 15) is 4.79 Å². The van der Waals surface area contributed by atoms with Crippen LogP contribution in [0.4, 0.5) is 5.69 Å². The van der Waals surface area contributed by atoms with Crippen LogP contribution in [0, 0.1) is 20.8 Å². The van der Waals surface area contributed by atoms with E-state index in [1.54, 1.807) is 24.3 Å². The molecule has 22 heavy (non-hydrogen) atoms. The second-order valence-corrected chi connectivity index (χ2v) is 5.62. The van der Waals surface area contributed by atoms with E-state index in [1.165, 1.54) is 0 Å². The fourth-order valence-electron chi connectivity index (χ4n) is 2.58. The molecule has 0 heterocycles. The summed E-state index contributed by atoms with van der Waals surface area (Å²) in [5.41, 5.74) is 10.7. The highest BCUT2D eigenvalue weighted by Gasteiger charge is 2.18. The van der Waals surface area contributed by atoms with Gasteiger partial charge in [0.25, 0.3) is 0 Å². The zero-order valence-corrected chi connectivity index (χ0v) is 13.7. The summed E-state index contributed by atoms with van der Waals surface area (Å²) in [6.07, 6.45) is 0.960. The molecular weight excluding hydrogens is 274 g/mol. The van der Waals surface area contributed by atoms with E-state index in [2.05, 4.69) is 6.92 Å². The monoisotopic (exact) mass is 297 g/mol. The van der Waals surface area contributed by atoms with Crippen molar-refractivity contribution in [2.24, 2.45) is 0 Å². The second kappa shape index (κ2) is 6.65. The number of hydrogen-bond acceptors (Lipinski definition) is 3. The lowest BCUT2D eigenvalue weighted by molar-refractivity contribution is 0.103. The molecule has 2 N–H and O–H groups in total. The number of ether oxygens (including phenoxy) is 1. The molecule has 0 atom stereocenters. The normalized spacial score (nSPS) is 10.5. The third-order valence-corrected chi connectivity index (χ3v) is 3.89. The first kappa shape index (κ1) is 16.1. The first-order valence-corrected chi connectivity index (χ1v) is 7.59. The SMILES string of the molecule is CCCOc1cc(C)c(C(=O)c2cccc(N)c2)c(C)c1C. The Balaban J connectivity index is 2.47. The van der Waals surface area contributed by atoms with Crippen molar-refractivity contribution in [2.45, 2.75) is 34.1 Å². The van der Waals surface area contributed by atoms with Gasteiger partial charge in [-0.25, -0.2) is 0 Å². The van der Waals surface area contributed by atoms with Crippen LogP contribution < -0.4 is 10.5 Å². The van der Waals surface area contributed by atoms with Crippen molar-refractivity contribution in [2.75, 3.05) is 12.3 Å². The number of anilines is 1. The van der Waals surface area contributed by atoms with Gasteiger partial charge in [-0.05, 0) is 62.1 Å². The Morgan fingerprint density at radius 2 is 1.86 bits per heavy atom. The van der Waals surface area contributed by atoms with Crippen molar-refractivity contribution >= 4 is 11.5 Å². The number of hydrogen-bond donors (Lipinski definition) is 1. The van der Waals surface area contributed by atoms with E-state index in [0.717, 1.165) is 34.4 Å². The molecule has 0 unspecified atom stereocenters. The van der Waals surface area contributed by atoms with Crippen molar-refractivity contribution in [3.8, 4) is 5.75 Å². The molecule has 0 bridgehead atoms. The Morgan fingerprint density at radius 1 is 1.14 bits per heavy atom. The molecular formula is C19H23NO2. The van der Waals surface area contributed by atoms with Gasteiger partial charge in [-0.1, -0.05) is 19.1 Å². The zero-order valence-electron chi connectivity index (χ0n) is 13.7. The third-order valence-electron chi connectivity index (χ3n) is 3.89. The summed E-state index contributed by atoms with van der Waals surface area (Å²) >= 11 is 0.